The Morgan fingerprint density at radius 1 is 1.10 bits per heavy atom. The maximum Gasteiger partial charge on any atom is 0.248 e. The summed E-state index contributed by atoms with van der Waals surface area (Å²) in [5.74, 6) is 0.520. The third-order valence-electron chi connectivity index (χ3n) is 3.68. The lowest BCUT2D eigenvalue weighted by atomic mass is 10.0. The van der Waals surface area contributed by atoms with Crippen LogP contribution in [-0.2, 0) is 9.59 Å². The van der Waals surface area contributed by atoms with Gasteiger partial charge in [-0.2, -0.15) is 0 Å². The van der Waals surface area contributed by atoms with Crippen LogP contribution in [0.1, 0.15) is 37.7 Å². The molecule has 1 fully saturated rings. The summed E-state index contributed by atoms with van der Waals surface area (Å²) in [5.41, 5.74) is 6.18. The Bertz CT molecular complexity index is 482. The van der Waals surface area contributed by atoms with Gasteiger partial charge in [0.15, 0.2) is 0 Å². The highest BCUT2D eigenvalue weighted by atomic mass is 32.2. The maximum absolute atomic E-state index is 11.7. The Labute approximate surface area is 130 Å². The quantitative estimate of drug-likeness (QED) is 0.649. The molecular formula is C16H22N2O2S. The van der Waals surface area contributed by atoms with Gasteiger partial charge in [-0.05, 0) is 37.8 Å². The molecule has 0 radical (unpaired) electrons. The molecule has 2 rings (SSSR count). The topological polar surface area (TPSA) is 58.2 Å². The van der Waals surface area contributed by atoms with Crippen LogP contribution in [0.4, 0.5) is 0 Å². The van der Waals surface area contributed by atoms with E-state index >= 15 is 0 Å². The highest BCUT2D eigenvalue weighted by Gasteiger charge is 2.18. The first-order valence-corrected chi connectivity index (χ1v) is 8.39. The number of hydrogen-bond donors (Lipinski definition) is 2. The van der Waals surface area contributed by atoms with Crippen molar-refractivity contribution < 1.29 is 9.59 Å². The number of hydrogen-bond acceptors (Lipinski definition) is 3. The van der Waals surface area contributed by atoms with Crippen LogP contribution in [-0.4, -0.2) is 17.6 Å². The van der Waals surface area contributed by atoms with Gasteiger partial charge in [-0.25, -0.2) is 0 Å². The molecule has 1 aliphatic rings. The van der Waals surface area contributed by atoms with E-state index in [-0.39, 0.29) is 11.8 Å². The second kappa shape index (κ2) is 8.08. The molecule has 0 heterocycles. The number of benzene rings is 1. The van der Waals surface area contributed by atoms with E-state index in [2.05, 4.69) is 10.9 Å². The summed E-state index contributed by atoms with van der Waals surface area (Å²) in [5, 5.41) is 0. The van der Waals surface area contributed by atoms with Gasteiger partial charge >= 0.3 is 0 Å². The van der Waals surface area contributed by atoms with E-state index in [1.54, 1.807) is 0 Å². The molecule has 0 aliphatic heterocycles. The Balaban J connectivity index is 1.62. The van der Waals surface area contributed by atoms with Crippen LogP contribution in [0.15, 0.2) is 29.2 Å². The molecule has 0 unspecified atom stereocenters. The molecule has 1 aliphatic carbocycles. The molecule has 0 spiro atoms. The van der Waals surface area contributed by atoms with E-state index in [1.807, 2.05) is 31.2 Å². The average Bonchev–Trinajstić information content (AvgIpc) is 2.97. The summed E-state index contributed by atoms with van der Waals surface area (Å²) in [4.78, 5) is 24.4. The first-order valence-electron chi connectivity index (χ1n) is 7.40. The highest BCUT2D eigenvalue weighted by molar-refractivity contribution is 8.00. The first kappa shape index (κ1) is 15.9. The van der Waals surface area contributed by atoms with Gasteiger partial charge in [0.25, 0.3) is 0 Å². The number of hydrazine groups is 1. The van der Waals surface area contributed by atoms with Crippen LogP contribution in [0.5, 0.6) is 0 Å². The third-order valence-corrected chi connectivity index (χ3v) is 4.69. The van der Waals surface area contributed by atoms with Gasteiger partial charge in [0.1, 0.15) is 0 Å². The van der Waals surface area contributed by atoms with Gasteiger partial charge in [0.05, 0.1) is 5.75 Å². The van der Waals surface area contributed by atoms with E-state index in [0.29, 0.717) is 18.1 Å². The molecule has 2 amide bonds. The molecule has 1 aromatic carbocycles. The Kier molecular flexibility index (Phi) is 6.11. The largest absolute Gasteiger partial charge is 0.273 e. The zero-order valence-electron chi connectivity index (χ0n) is 12.4. The molecular weight excluding hydrogens is 284 g/mol. The van der Waals surface area contributed by atoms with E-state index in [1.165, 1.54) is 30.2 Å². The molecule has 0 saturated heterocycles. The lowest BCUT2D eigenvalue weighted by Gasteiger charge is -2.10. The summed E-state index contributed by atoms with van der Waals surface area (Å²) in [6.07, 6.45) is 5.22. The fraction of sp³-hybridized carbons (Fsp3) is 0.500. The lowest BCUT2D eigenvalue weighted by Crippen LogP contribution is -2.43. The number of nitrogens with one attached hydrogen (secondary N) is 2. The SMILES string of the molecule is Cc1ccc(SCC(=O)NNC(=O)CC2CCCC2)cc1. The molecule has 5 heteroatoms. The van der Waals surface area contributed by atoms with Crippen molar-refractivity contribution in [1.82, 2.24) is 10.9 Å². The van der Waals surface area contributed by atoms with Gasteiger partial charge in [-0.1, -0.05) is 30.5 Å². The minimum atomic E-state index is -0.180. The van der Waals surface area contributed by atoms with Gasteiger partial charge < -0.3 is 0 Å². The number of rotatable bonds is 5. The van der Waals surface area contributed by atoms with Crippen molar-refractivity contribution in [3.63, 3.8) is 0 Å². The van der Waals surface area contributed by atoms with Crippen molar-refractivity contribution >= 4 is 23.6 Å². The summed E-state index contributed by atoms with van der Waals surface area (Å²) in [7, 11) is 0. The van der Waals surface area contributed by atoms with E-state index in [9.17, 15) is 9.59 Å². The molecule has 1 aromatic rings. The predicted octanol–water partition coefficient (Wildman–Crippen LogP) is 2.81. The van der Waals surface area contributed by atoms with Crippen LogP contribution >= 0.6 is 11.8 Å². The second-order valence-electron chi connectivity index (χ2n) is 5.55. The summed E-state index contributed by atoms with van der Waals surface area (Å²) < 4.78 is 0. The van der Waals surface area contributed by atoms with Crippen LogP contribution < -0.4 is 10.9 Å². The smallest absolute Gasteiger partial charge is 0.248 e. The molecule has 0 atom stereocenters. The van der Waals surface area contributed by atoms with Crippen LogP contribution in [0.3, 0.4) is 0 Å². The number of carbonyl (C=O) groups is 2. The van der Waals surface area contributed by atoms with E-state index in [0.717, 1.165) is 17.7 Å². The van der Waals surface area contributed by atoms with Crippen LogP contribution in [0.25, 0.3) is 0 Å². The Morgan fingerprint density at radius 3 is 2.38 bits per heavy atom. The second-order valence-corrected chi connectivity index (χ2v) is 6.60. The van der Waals surface area contributed by atoms with Gasteiger partial charge in [0.2, 0.25) is 11.8 Å². The lowest BCUT2D eigenvalue weighted by molar-refractivity contribution is -0.128. The zero-order valence-corrected chi connectivity index (χ0v) is 13.2. The number of aryl methyl sites for hydroxylation is 1. The fourth-order valence-corrected chi connectivity index (χ4v) is 3.19. The Morgan fingerprint density at radius 2 is 1.71 bits per heavy atom. The van der Waals surface area contributed by atoms with Crippen molar-refractivity contribution in [3.05, 3.63) is 29.8 Å². The molecule has 0 aromatic heterocycles. The minimum absolute atomic E-state index is 0.0874. The van der Waals surface area contributed by atoms with Gasteiger partial charge in [-0.3, -0.25) is 20.4 Å². The van der Waals surface area contributed by atoms with Crippen molar-refractivity contribution in [2.24, 2.45) is 5.92 Å². The summed E-state index contributed by atoms with van der Waals surface area (Å²) in [6.45, 7) is 2.03. The molecule has 2 N–H and O–H groups in total. The first-order chi connectivity index (χ1) is 10.1. The van der Waals surface area contributed by atoms with Gasteiger partial charge in [0, 0.05) is 11.3 Å². The standard InChI is InChI=1S/C16H22N2O2S/c1-12-6-8-14(9-7-12)21-11-16(20)18-17-15(19)10-13-4-2-3-5-13/h6-9,13H,2-5,10-11H2,1H3,(H,17,19)(H,18,20). The van der Waals surface area contributed by atoms with Crippen molar-refractivity contribution in [1.29, 1.82) is 0 Å². The monoisotopic (exact) mass is 306 g/mol. The summed E-state index contributed by atoms with van der Waals surface area (Å²) in [6, 6.07) is 8.02. The van der Waals surface area contributed by atoms with Gasteiger partial charge in [-0.15, -0.1) is 11.8 Å². The van der Waals surface area contributed by atoms with E-state index in [4.69, 9.17) is 0 Å². The maximum atomic E-state index is 11.7. The number of amides is 2. The third kappa shape index (κ3) is 5.79. The molecule has 114 valence electrons. The summed E-state index contributed by atoms with van der Waals surface area (Å²) >= 11 is 1.46. The van der Waals surface area contributed by atoms with Crippen LogP contribution in [0.2, 0.25) is 0 Å². The highest BCUT2D eigenvalue weighted by Crippen LogP contribution is 2.27. The number of thioether (sulfide) groups is 1. The van der Waals surface area contributed by atoms with Crippen molar-refractivity contribution in [2.75, 3.05) is 5.75 Å². The normalized spacial score (nSPS) is 14.9. The van der Waals surface area contributed by atoms with Crippen molar-refractivity contribution in [3.8, 4) is 0 Å². The average molecular weight is 306 g/mol. The zero-order chi connectivity index (χ0) is 15.1. The van der Waals surface area contributed by atoms with Crippen LogP contribution in [0, 0.1) is 12.8 Å². The van der Waals surface area contributed by atoms with E-state index < -0.39 is 0 Å². The fourth-order valence-electron chi connectivity index (χ4n) is 2.49. The molecule has 1 saturated carbocycles. The van der Waals surface area contributed by atoms with Crippen molar-refractivity contribution in [2.45, 2.75) is 43.9 Å². The number of carbonyl (C=O) groups excluding carboxylic acids is 2. The minimum Gasteiger partial charge on any atom is -0.273 e. The molecule has 21 heavy (non-hydrogen) atoms. The Hall–Kier alpha value is -1.49. The molecule has 0 bridgehead atoms. The predicted molar refractivity (Wildman–Crippen MR) is 84.8 cm³/mol. The molecule has 4 nitrogen and oxygen atoms in total.